The lowest BCUT2D eigenvalue weighted by Crippen LogP contribution is -2.50. The van der Waals surface area contributed by atoms with Crippen LogP contribution in [-0.4, -0.2) is 56.2 Å². The number of benzene rings is 4. The first-order valence-corrected chi connectivity index (χ1v) is 17.3. The minimum absolute atomic E-state index is 0.0123. The van der Waals surface area contributed by atoms with E-state index in [1.807, 2.05) is 103 Å². The van der Waals surface area contributed by atoms with Crippen LogP contribution in [0.1, 0.15) is 54.4 Å². The van der Waals surface area contributed by atoms with Gasteiger partial charge in [0.2, 0.25) is 5.91 Å². The van der Waals surface area contributed by atoms with Crippen molar-refractivity contribution in [1.29, 1.82) is 0 Å². The van der Waals surface area contributed by atoms with Crippen LogP contribution in [0.15, 0.2) is 103 Å². The van der Waals surface area contributed by atoms with Gasteiger partial charge in [0.25, 0.3) is 0 Å². The average Bonchev–Trinajstić information content (AvgIpc) is 3.82. The third kappa shape index (κ3) is 7.45. The Hall–Kier alpha value is -5.04. The molecule has 0 spiro atoms. The number of fused-ring (bicyclic) bond motifs is 1. The van der Waals surface area contributed by atoms with Gasteiger partial charge in [0, 0.05) is 24.6 Å². The summed E-state index contributed by atoms with van der Waals surface area (Å²) in [5.74, 6) is -2.60. The van der Waals surface area contributed by atoms with Crippen molar-refractivity contribution in [2.45, 2.75) is 70.2 Å². The molecule has 2 N–H and O–H groups in total. The van der Waals surface area contributed by atoms with Gasteiger partial charge in [-0.25, -0.2) is 4.98 Å². The average molecular weight is 713 g/mol. The number of carbonyl (C=O) groups excluding carboxylic acids is 2. The van der Waals surface area contributed by atoms with Crippen molar-refractivity contribution in [3.8, 4) is 11.1 Å². The number of amides is 2. The zero-order valence-corrected chi connectivity index (χ0v) is 28.5. The van der Waals surface area contributed by atoms with E-state index in [2.05, 4.69) is 21.8 Å². The Kier molecular flexibility index (Phi) is 10.1. The molecule has 5 aromatic rings. The number of nitrogens with zero attached hydrogens (tertiary/aromatic N) is 3. The smallest absolute Gasteiger partial charge is 0.392 e. The summed E-state index contributed by atoms with van der Waals surface area (Å²) in [6, 6.07) is 30.0. The van der Waals surface area contributed by atoms with Gasteiger partial charge in [0.05, 0.1) is 42.7 Å². The summed E-state index contributed by atoms with van der Waals surface area (Å²) in [6.45, 7) is 2.66. The van der Waals surface area contributed by atoms with Crippen molar-refractivity contribution in [2.24, 2.45) is 5.92 Å². The van der Waals surface area contributed by atoms with Gasteiger partial charge < -0.3 is 29.4 Å². The van der Waals surface area contributed by atoms with Crippen molar-refractivity contribution in [1.82, 2.24) is 19.8 Å². The second-order valence-electron chi connectivity index (χ2n) is 13.4. The van der Waals surface area contributed by atoms with Gasteiger partial charge in [-0.3, -0.25) is 9.59 Å². The maximum Gasteiger partial charge on any atom is 0.471 e. The highest BCUT2D eigenvalue weighted by atomic mass is 19.4. The molecule has 270 valence electrons. The second kappa shape index (κ2) is 14.9. The molecule has 12 heteroatoms. The predicted octanol–water partition coefficient (Wildman–Crippen LogP) is 6.86. The topological polar surface area (TPSA) is 106 Å². The van der Waals surface area contributed by atoms with E-state index >= 15 is 0 Å². The summed E-state index contributed by atoms with van der Waals surface area (Å²) in [5, 5.41) is 12.3. The van der Waals surface area contributed by atoms with E-state index in [0.717, 1.165) is 44.4 Å². The van der Waals surface area contributed by atoms with Gasteiger partial charge in [-0.05, 0) is 58.9 Å². The van der Waals surface area contributed by atoms with Gasteiger partial charge in [-0.2, -0.15) is 13.2 Å². The normalized spacial score (nSPS) is 22.1. The van der Waals surface area contributed by atoms with E-state index < -0.39 is 30.3 Å². The molecule has 5 atom stereocenters. The predicted molar refractivity (Wildman–Crippen MR) is 187 cm³/mol. The Morgan fingerprint density at radius 1 is 0.904 bits per heavy atom. The first kappa shape index (κ1) is 35.4. The number of likely N-dealkylation sites (tertiary alicyclic amines) is 1. The largest absolute Gasteiger partial charge is 0.471 e. The number of aliphatic hydroxyl groups is 1. The molecule has 0 bridgehead atoms. The monoisotopic (exact) mass is 712 g/mol. The Balaban J connectivity index is 1.07. The molecular formula is C40H39F3N4O5. The summed E-state index contributed by atoms with van der Waals surface area (Å²) < 4.78 is 54.5. The summed E-state index contributed by atoms with van der Waals surface area (Å²) in [7, 11) is 0. The van der Waals surface area contributed by atoms with Gasteiger partial charge in [0.15, 0.2) is 6.29 Å². The first-order valence-electron chi connectivity index (χ1n) is 17.3. The second-order valence-corrected chi connectivity index (χ2v) is 13.4. The molecule has 0 radical (unpaired) electrons. The Bertz CT molecular complexity index is 2030. The number of nitrogens with one attached hydrogen (secondary N) is 1. The van der Waals surface area contributed by atoms with Gasteiger partial charge in [-0.1, -0.05) is 85.8 Å². The molecule has 4 aromatic carbocycles. The lowest BCUT2D eigenvalue weighted by Gasteiger charge is -2.41. The minimum atomic E-state index is -5.02. The summed E-state index contributed by atoms with van der Waals surface area (Å²) in [4.78, 5) is 29.8. The molecule has 2 saturated heterocycles. The lowest BCUT2D eigenvalue weighted by atomic mass is 9.90. The van der Waals surface area contributed by atoms with Crippen molar-refractivity contribution in [3.05, 3.63) is 126 Å². The molecule has 1 aromatic heterocycles. The Morgan fingerprint density at radius 3 is 2.40 bits per heavy atom. The standard InChI is InChI=1S/C40H39F3N4O5/c1-25-35(22-46-24-45-32-8-2-3-9-33(32)46)51-38(52-36(25)29-13-11-26(23-48)12-14-29)30-17-15-28(16-18-30)31-7-4-6-27(20-31)21-44-37(49)34-10-5-19-47(34)39(50)40(41,42)43/h2-4,6-9,11-18,20,24-25,34-36,38,48H,5,10,19,21-23H2,1H3,(H,44,49)/t25-,34-,35+,36+,38+/m0/s1. The van der Waals surface area contributed by atoms with Crippen molar-refractivity contribution < 1.29 is 37.3 Å². The van der Waals surface area contributed by atoms with Crippen LogP contribution < -0.4 is 5.32 Å². The van der Waals surface area contributed by atoms with Crippen LogP contribution >= 0.6 is 0 Å². The first-order chi connectivity index (χ1) is 25.1. The highest BCUT2D eigenvalue weighted by molar-refractivity contribution is 5.90. The zero-order valence-electron chi connectivity index (χ0n) is 28.5. The fourth-order valence-corrected chi connectivity index (χ4v) is 7.12. The molecule has 2 fully saturated rings. The number of alkyl halides is 3. The quantitative estimate of drug-likeness (QED) is 0.173. The number of carbonyl (C=O) groups is 2. The summed E-state index contributed by atoms with van der Waals surface area (Å²) >= 11 is 0. The maximum atomic E-state index is 13.0. The van der Waals surface area contributed by atoms with Crippen LogP contribution in [0.5, 0.6) is 0 Å². The zero-order chi connectivity index (χ0) is 36.4. The number of para-hydroxylation sites is 2. The van der Waals surface area contributed by atoms with Crippen molar-refractivity contribution >= 4 is 22.8 Å². The van der Waals surface area contributed by atoms with E-state index in [9.17, 15) is 27.9 Å². The van der Waals surface area contributed by atoms with Crippen LogP contribution in [0.4, 0.5) is 13.2 Å². The number of ether oxygens (including phenoxy) is 2. The molecule has 0 saturated carbocycles. The molecule has 52 heavy (non-hydrogen) atoms. The molecule has 0 unspecified atom stereocenters. The number of aliphatic hydroxyl groups excluding tert-OH is 1. The highest BCUT2D eigenvalue weighted by Crippen LogP contribution is 2.42. The molecule has 2 aliphatic heterocycles. The number of hydrogen-bond acceptors (Lipinski definition) is 6. The molecule has 0 aliphatic carbocycles. The van der Waals surface area contributed by atoms with Crippen LogP contribution in [0.25, 0.3) is 22.2 Å². The third-order valence-corrected chi connectivity index (χ3v) is 10.00. The lowest BCUT2D eigenvalue weighted by molar-refractivity contribution is -0.276. The molecular weight excluding hydrogens is 673 g/mol. The summed E-state index contributed by atoms with van der Waals surface area (Å²) in [5.41, 5.74) is 7.15. The minimum Gasteiger partial charge on any atom is -0.392 e. The van der Waals surface area contributed by atoms with Crippen molar-refractivity contribution in [3.63, 3.8) is 0 Å². The fraction of sp³-hybridized carbons (Fsp3) is 0.325. The molecule has 9 nitrogen and oxygen atoms in total. The van der Waals surface area contributed by atoms with E-state index in [1.54, 1.807) is 0 Å². The fourth-order valence-electron chi connectivity index (χ4n) is 7.12. The Labute approximate surface area is 299 Å². The van der Waals surface area contributed by atoms with E-state index in [1.165, 1.54) is 0 Å². The number of imidazole rings is 1. The maximum absolute atomic E-state index is 13.0. The van der Waals surface area contributed by atoms with Crippen LogP contribution in [0.3, 0.4) is 0 Å². The third-order valence-electron chi connectivity index (χ3n) is 10.00. The van der Waals surface area contributed by atoms with Crippen molar-refractivity contribution in [2.75, 3.05) is 6.54 Å². The highest BCUT2D eigenvalue weighted by Gasteiger charge is 2.47. The number of rotatable bonds is 9. The molecule has 2 aliphatic rings. The van der Waals surface area contributed by atoms with Crippen LogP contribution in [-0.2, 0) is 38.8 Å². The Morgan fingerprint density at radius 2 is 1.65 bits per heavy atom. The van der Waals surface area contributed by atoms with Crippen LogP contribution in [0.2, 0.25) is 0 Å². The number of hydrogen-bond donors (Lipinski definition) is 2. The van der Waals surface area contributed by atoms with Gasteiger partial charge in [0.1, 0.15) is 6.04 Å². The van der Waals surface area contributed by atoms with E-state index in [4.69, 9.17) is 9.47 Å². The number of aromatic nitrogens is 2. The van der Waals surface area contributed by atoms with Crippen LogP contribution in [0, 0.1) is 5.92 Å². The summed E-state index contributed by atoms with van der Waals surface area (Å²) in [6.07, 6.45) is -3.81. The van der Waals surface area contributed by atoms with E-state index in [0.29, 0.717) is 17.9 Å². The van der Waals surface area contributed by atoms with E-state index in [-0.39, 0.29) is 44.2 Å². The molecule has 2 amide bonds. The SMILES string of the molecule is C[C@H]1[C@@H](Cn2cnc3ccccc32)O[C@@H](c2ccc(-c3cccc(CNC(=O)[C@@H]4CCCN4C(=O)C(F)(F)F)c3)cc2)O[C@H]1c1ccc(CO)cc1. The number of halogens is 3. The molecule has 3 heterocycles. The van der Waals surface area contributed by atoms with Gasteiger partial charge in [-0.15, -0.1) is 0 Å². The molecule has 7 rings (SSSR count). The van der Waals surface area contributed by atoms with Gasteiger partial charge >= 0.3 is 12.1 Å².